The van der Waals surface area contributed by atoms with Gasteiger partial charge in [0.05, 0.1) is 20.4 Å². The molecule has 122 valence electrons. The minimum absolute atomic E-state index is 0.0276. The number of nitrogens with zero attached hydrogens (tertiary/aromatic N) is 1. The number of nitrogens with one attached hydrogen (secondary N) is 1. The van der Waals surface area contributed by atoms with E-state index in [2.05, 4.69) is 4.72 Å². The summed E-state index contributed by atoms with van der Waals surface area (Å²) in [5.74, 6) is 0. The number of hydrogen-bond donors (Lipinski definition) is 2. The highest BCUT2D eigenvalue weighted by atomic mass is 32.2. The maximum absolute atomic E-state index is 12.2. The first-order valence-corrected chi connectivity index (χ1v) is 9.03. The molecule has 0 aromatic heterocycles. The number of hydrogen-bond acceptors (Lipinski definition) is 6. The van der Waals surface area contributed by atoms with E-state index in [0.717, 1.165) is 18.2 Å². The van der Waals surface area contributed by atoms with Gasteiger partial charge in [-0.25, -0.2) is 22.0 Å². The second kappa shape index (κ2) is 5.95. The molecule has 0 radical (unpaired) electrons. The van der Waals surface area contributed by atoms with Gasteiger partial charge in [-0.15, -0.1) is 0 Å². The maximum Gasteiger partial charge on any atom is 0.271 e. The Kier molecular flexibility index (Phi) is 4.36. The summed E-state index contributed by atoms with van der Waals surface area (Å²) < 4.78 is 49.2. The summed E-state index contributed by atoms with van der Waals surface area (Å²) in [5.41, 5.74) is -0.316. The lowest BCUT2D eigenvalue weighted by Gasteiger charge is -2.09. The van der Waals surface area contributed by atoms with Crippen molar-refractivity contribution >= 4 is 31.4 Å². The second-order valence-electron chi connectivity index (χ2n) is 4.43. The van der Waals surface area contributed by atoms with Crippen LogP contribution in [0.3, 0.4) is 0 Å². The number of benzene rings is 2. The summed E-state index contributed by atoms with van der Waals surface area (Å²) in [6, 6.07) is 9.35. The fourth-order valence-corrected chi connectivity index (χ4v) is 3.44. The van der Waals surface area contributed by atoms with E-state index in [1.807, 2.05) is 0 Å². The van der Waals surface area contributed by atoms with Gasteiger partial charge < -0.3 is 0 Å². The first kappa shape index (κ1) is 16.9. The second-order valence-corrected chi connectivity index (χ2v) is 7.68. The van der Waals surface area contributed by atoms with Crippen molar-refractivity contribution in [2.45, 2.75) is 9.79 Å². The van der Waals surface area contributed by atoms with Gasteiger partial charge in [-0.3, -0.25) is 14.8 Å². The standard InChI is InChI=1S/C12H11N3O6S2/c13-22(18,19)11-5-2-6-12(8-11)23(20,21)14-9-3-1-4-10(7-9)15(16)17/h1-8,14H,(H2,13,18,19). The van der Waals surface area contributed by atoms with Crippen LogP contribution in [-0.2, 0) is 20.0 Å². The summed E-state index contributed by atoms with van der Waals surface area (Å²) >= 11 is 0. The van der Waals surface area contributed by atoms with Gasteiger partial charge >= 0.3 is 0 Å². The predicted octanol–water partition coefficient (Wildman–Crippen LogP) is 1.04. The molecule has 0 bridgehead atoms. The fraction of sp³-hybridized carbons (Fsp3) is 0. The van der Waals surface area contributed by atoms with Crippen molar-refractivity contribution in [1.29, 1.82) is 0 Å². The summed E-state index contributed by atoms with van der Waals surface area (Å²) in [5, 5.41) is 15.6. The third-order valence-corrected chi connectivity index (χ3v) is 5.04. The van der Waals surface area contributed by atoms with Crippen molar-refractivity contribution in [2.24, 2.45) is 5.14 Å². The Hall–Kier alpha value is -2.50. The van der Waals surface area contributed by atoms with Gasteiger partial charge in [0, 0.05) is 12.1 Å². The molecular formula is C12H11N3O6S2. The van der Waals surface area contributed by atoms with Gasteiger partial charge in [-0.05, 0) is 24.3 Å². The van der Waals surface area contributed by atoms with Gasteiger partial charge in [-0.1, -0.05) is 12.1 Å². The largest absolute Gasteiger partial charge is 0.279 e. The molecular weight excluding hydrogens is 346 g/mol. The van der Waals surface area contributed by atoms with Crippen LogP contribution in [-0.4, -0.2) is 21.8 Å². The summed E-state index contributed by atoms with van der Waals surface area (Å²) in [4.78, 5) is 9.33. The fourth-order valence-electron chi connectivity index (χ4n) is 1.72. The van der Waals surface area contributed by atoms with Crippen molar-refractivity contribution in [1.82, 2.24) is 0 Å². The maximum atomic E-state index is 12.2. The van der Waals surface area contributed by atoms with E-state index in [0.29, 0.717) is 0 Å². The van der Waals surface area contributed by atoms with E-state index in [1.54, 1.807) is 0 Å². The molecule has 0 aliphatic carbocycles. The Labute approximate surface area is 132 Å². The Morgan fingerprint density at radius 3 is 2.17 bits per heavy atom. The summed E-state index contributed by atoms with van der Waals surface area (Å²) in [6.07, 6.45) is 0. The number of nitro groups is 1. The molecule has 0 heterocycles. The molecule has 0 fully saturated rings. The number of primary sulfonamides is 1. The van der Waals surface area contributed by atoms with E-state index < -0.39 is 25.0 Å². The molecule has 11 heteroatoms. The molecule has 0 saturated carbocycles. The van der Waals surface area contributed by atoms with Crippen LogP contribution in [0, 0.1) is 10.1 Å². The zero-order valence-corrected chi connectivity index (χ0v) is 13.0. The van der Waals surface area contributed by atoms with Crippen molar-refractivity contribution < 1.29 is 21.8 Å². The average molecular weight is 357 g/mol. The lowest BCUT2D eigenvalue weighted by Crippen LogP contribution is -2.16. The van der Waals surface area contributed by atoms with Crippen molar-refractivity contribution in [2.75, 3.05) is 4.72 Å². The highest BCUT2D eigenvalue weighted by Crippen LogP contribution is 2.21. The quantitative estimate of drug-likeness (QED) is 0.603. The molecule has 2 aromatic rings. The zero-order valence-electron chi connectivity index (χ0n) is 11.4. The smallest absolute Gasteiger partial charge is 0.271 e. The highest BCUT2D eigenvalue weighted by Gasteiger charge is 2.18. The molecule has 0 spiro atoms. The van der Waals surface area contributed by atoms with E-state index in [-0.39, 0.29) is 21.2 Å². The van der Waals surface area contributed by atoms with Crippen LogP contribution in [0.5, 0.6) is 0 Å². The van der Waals surface area contributed by atoms with E-state index in [4.69, 9.17) is 5.14 Å². The Morgan fingerprint density at radius 2 is 1.57 bits per heavy atom. The zero-order chi connectivity index (χ0) is 17.3. The molecule has 0 atom stereocenters. The van der Waals surface area contributed by atoms with Crippen LogP contribution in [0.1, 0.15) is 0 Å². The molecule has 2 rings (SSSR count). The van der Waals surface area contributed by atoms with E-state index in [1.165, 1.54) is 30.3 Å². The van der Waals surface area contributed by atoms with Crippen LogP contribution in [0.25, 0.3) is 0 Å². The van der Waals surface area contributed by atoms with E-state index >= 15 is 0 Å². The summed E-state index contributed by atoms with van der Waals surface area (Å²) in [6.45, 7) is 0. The molecule has 3 N–H and O–H groups in total. The molecule has 0 saturated heterocycles. The number of nitro benzene ring substituents is 1. The van der Waals surface area contributed by atoms with Crippen LogP contribution in [0.2, 0.25) is 0 Å². The topological polar surface area (TPSA) is 149 Å². The van der Waals surface area contributed by atoms with Gasteiger partial charge in [0.25, 0.3) is 15.7 Å². The Balaban J connectivity index is 2.40. The molecule has 2 aromatic carbocycles. The third kappa shape index (κ3) is 4.03. The SMILES string of the molecule is NS(=O)(=O)c1cccc(S(=O)(=O)Nc2cccc([N+](=O)[O-])c2)c1. The van der Waals surface area contributed by atoms with Crippen molar-refractivity contribution in [3.05, 3.63) is 58.6 Å². The number of anilines is 1. The lowest BCUT2D eigenvalue weighted by atomic mass is 10.3. The summed E-state index contributed by atoms with van der Waals surface area (Å²) in [7, 11) is -8.19. The Morgan fingerprint density at radius 1 is 0.957 bits per heavy atom. The lowest BCUT2D eigenvalue weighted by molar-refractivity contribution is -0.384. The minimum Gasteiger partial charge on any atom is -0.279 e. The molecule has 0 amide bonds. The number of nitrogens with two attached hydrogens (primary N) is 1. The molecule has 23 heavy (non-hydrogen) atoms. The first-order chi connectivity index (χ1) is 10.6. The van der Waals surface area contributed by atoms with Gasteiger partial charge in [0.2, 0.25) is 10.0 Å². The Bertz CT molecular complexity index is 970. The average Bonchev–Trinajstić information content (AvgIpc) is 2.46. The first-order valence-electron chi connectivity index (χ1n) is 6.00. The van der Waals surface area contributed by atoms with Gasteiger partial charge in [0.15, 0.2) is 0 Å². The molecule has 9 nitrogen and oxygen atoms in total. The third-order valence-electron chi connectivity index (χ3n) is 2.75. The molecule has 0 aliphatic rings. The highest BCUT2D eigenvalue weighted by molar-refractivity contribution is 7.93. The van der Waals surface area contributed by atoms with Crippen LogP contribution < -0.4 is 9.86 Å². The van der Waals surface area contributed by atoms with Crippen LogP contribution in [0.4, 0.5) is 11.4 Å². The van der Waals surface area contributed by atoms with Crippen LogP contribution >= 0.6 is 0 Å². The molecule has 0 aliphatic heterocycles. The van der Waals surface area contributed by atoms with Crippen LogP contribution in [0.15, 0.2) is 58.3 Å². The number of sulfonamides is 2. The van der Waals surface area contributed by atoms with Gasteiger partial charge in [0.1, 0.15) is 0 Å². The predicted molar refractivity (Wildman–Crippen MR) is 81.7 cm³/mol. The van der Waals surface area contributed by atoms with E-state index in [9.17, 15) is 26.9 Å². The molecule has 0 unspecified atom stereocenters. The number of non-ortho nitro benzene ring substituents is 1. The van der Waals surface area contributed by atoms with Crippen molar-refractivity contribution in [3.63, 3.8) is 0 Å². The van der Waals surface area contributed by atoms with Crippen molar-refractivity contribution in [3.8, 4) is 0 Å². The minimum atomic E-state index is -4.13. The normalized spacial score (nSPS) is 11.9. The number of rotatable bonds is 5. The monoisotopic (exact) mass is 357 g/mol. The van der Waals surface area contributed by atoms with Gasteiger partial charge in [-0.2, -0.15) is 0 Å².